The van der Waals surface area contributed by atoms with Crippen LogP contribution in [0.2, 0.25) is 0 Å². The molecule has 2 aromatic rings. The van der Waals surface area contributed by atoms with Crippen molar-refractivity contribution in [1.29, 1.82) is 0 Å². The molecule has 0 fully saturated rings. The van der Waals surface area contributed by atoms with Gasteiger partial charge in [0, 0.05) is 23.0 Å². The van der Waals surface area contributed by atoms with Crippen LogP contribution in [0.1, 0.15) is 36.6 Å². The monoisotopic (exact) mass is 331 g/mol. The van der Waals surface area contributed by atoms with Gasteiger partial charge in [-0.15, -0.1) is 11.8 Å². The Morgan fingerprint density at radius 3 is 2.91 bits per heavy atom. The van der Waals surface area contributed by atoms with Crippen LogP contribution >= 0.6 is 11.8 Å². The van der Waals surface area contributed by atoms with Crippen molar-refractivity contribution in [3.8, 4) is 0 Å². The third-order valence-corrected chi connectivity index (χ3v) is 5.04. The molecular weight excluding hydrogens is 313 g/mol. The summed E-state index contributed by atoms with van der Waals surface area (Å²) >= 11 is 1.50. The van der Waals surface area contributed by atoms with Crippen molar-refractivity contribution in [2.24, 2.45) is 0 Å². The normalized spacial score (nSPS) is 17.9. The first-order chi connectivity index (χ1) is 11.1. The van der Waals surface area contributed by atoms with E-state index in [9.17, 15) is 9.18 Å². The number of pyridine rings is 1. The fraction of sp³-hybridized carbons (Fsp3) is 0.294. The van der Waals surface area contributed by atoms with Crippen molar-refractivity contribution in [3.63, 3.8) is 0 Å². The summed E-state index contributed by atoms with van der Waals surface area (Å²) in [6.07, 6.45) is 4.18. The summed E-state index contributed by atoms with van der Waals surface area (Å²) in [6.45, 7) is 1.92. The van der Waals surface area contributed by atoms with Crippen LogP contribution in [-0.4, -0.2) is 16.8 Å². The molecule has 120 valence electrons. The average Bonchev–Trinajstić information content (AvgIpc) is 2.56. The Morgan fingerprint density at radius 1 is 1.35 bits per heavy atom. The van der Waals surface area contributed by atoms with Gasteiger partial charge in [0.1, 0.15) is 5.82 Å². The molecule has 0 radical (unpaired) electrons. The van der Waals surface area contributed by atoms with Gasteiger partial charge >= 0.3 is 6.03 Å². The highest BCUT2D eigenvalue weighted by molar-refractivity contribution is 7.99. The van der Waals surface area contributed by atoms with Crippen molar-refractivity contribution in [3.05, 3.63) is 59.7 Å². The van der Waals surface area contributed by atoms with Crippen molar-refractivity contribution >= 4 is 17.8 Å². The molecule has 0 spiro atoms. The van der Waals surface area contributed by atoms with E-state index in [1.165, 1.54) is 17.8 Å². The summed E-state index contributed by atoms with van der Waals surface area (Å²) in [6, 6.07) is 8.23. The molecule has 1 aliphatic rings. The Hall–Kier alpha value is -2.08. The van der Waals surface area contributed by atoms with E-state index in [1.54, 1.807) is 18.5 Å². The number of halogens is 1. The molecule has 2 N–H and O–H groups in total. The van der Waals surface area contributed by atoms with Gasteiger partial charge in [-0.25, -0.2) is 9.18 Å². The summed E-state index contributed by atoms with van der Waals surface area (Å²) in [4.78, 5) is 16.9. The summed E-state index contributed by atoms with van der Waals surface area (Å²) in [7, 11) is 0. The van der Waals surface area contributed by atoms with Crippen molar-refractivity contribution in [2.75, 3.05) is 5.75 Å². The maximum absolute atomic E-state index is 13.9. The third kappa shape index (κ3) is 3.64. The first-order valence-electron chi connectivity index (χ1n) is 7.53. The molecular formula is C17H18FN3OS. The number of nitrogens with zero attached hydrogens (tertiary/aromatic N) is 1. The molecule has 4 nitrogen and oxygen atoms in total. The molecule has 2 unspecified atom stereocenters. The Kier molecular flexibility index (Phi) is 4.81. The molecule has 0 saturated carbocycles. The van der Waals surface area contributed by atoms with Crippen LogP contribution in [0.3, 0.4) is 0 Å². The molecule has 1 aliphatic heterocycles. The highest BCUT2D eigenvalue weighted by Crippen LogP contribution is 2.37. The van der Waals surface area contributed by atoms with Crippen LogP contribution in [0.4, 0.5) is 9.18 Å². The largest absolute Gasteiger partial charge is 0.332 e. The van der Waals surface area contributed by atoms with Crippen molar-refractivity contribution in [1.82, 2.24) is 15.6 Å². The number of benzene rings is 1. The lowest BCUT2D eigenvalue weighted by Gasteiger charge is -2.27. The van der Waals surface area contributed by atoms with Gasteiger partial charge < -0.3 is 10.6 Å². The number of amides is 2. The molecule has 1 aromatic carbocycles. The van der Waals surface area contributed by atoms with Gasteiger partial charge in [0.2, 0.25) is 0 Å². The fourth-order valence-corrected chi connectivity index (χ4v) is 3.81. The van der Waals surface area contributed by atoms with E-state index < -0.39 is 0 Å². The third-order valence-electron chi connectivity index (χ3n) is 3.88. The number of fused-ring (bicyclic) bond motifs is 1. The number of carbonyl (C=O) groups excluding carboxylic acids is 1. The number of carbonyl (C=O) groups is 1. The zero-order valence-electron chi connectivity index (χ0n) is 12.8. The SMILES string of the molecule is CC(NC(=O)NC1CCSc2c(F)cccc21)c1ccncc1. The number of rotatable bonds is 3. The van der Waals surface area contributed by atoms with Gasteiger partial charge in [-0.05, 0) is 42.7 Å². The summed E-state index contributed by atoms with van der Waals surface area (Å²) in [5, 5.41) is 5.87. The first kappa shape index (κ1) is 15.8. The Bertz CT molecular complexity index is 695. The van der Waals surface area contributed by atoms with E-state index in [0.29, 0.717) is 4.90 Å². The lowest BCUT2D eigenvalue weighted by Crippen LogP contribution is -2.40. The standard InChI is InChI=1S/C17H18FN3OS/c1-11(12-5-8-19-9-6-12)20-17(22)21-15-7-10-23-16-13(15)3-2-4-14(16)18/h2-6,8-9,11,15H,7,10H2,1H3,(H2,20,21,22). The second-order valence-corrected chi connectivity index (χ2v) is 6.57. The minimum Gasteiger partial charge on any atom is -0.332 e. The Morgan fingerprint density at radius 2 is 2.13 bits per heavy atom. The number of hydrogen-bond acceptors (Lipinski definition) is 3. The second kappa shape index (κ2) is 7.00. The minimum absolute atomic E-state index is 0.122. The maximum Gasteiger partial charge on any atom is 0.315 e. The van der Waals surface area contributed by atoms with Crippen LogP contribution < -0.4 is 10.6 Å². The van der Waals surface area contributed by atoms with E-state index in [0.717, 1.165) is 23.3 Å². The first-order valence-corrected chi connectivity index (χ1v) is 8.52. The van der Waals surface area contributed by atoms with Gasteiger partial charge in [-0.1, -0.05) is 12.1 Å². The van der Waals surface area contributed by atoms with Crippen LogP contribution in [0.5, 0.6) is 0 Å². The smallest absolute Gasteiger partial charge is 0.315 e. The minimum atomic E-state index is -0.249. The van der Waals surface area contributed by atoms with Gasteiger partial charge in [0.25, 0.3) is 0 Å². The lowest BCUT2D eigenvalue weighted by molar-refractivity contribution is 0.233. The zero-order valence-corrected chi connectivity index (χ0v) is 13.6. The molecule has 2 amide bonds. The van der Waals surface area contributed by atoms with Crippen LogP contribution in [0.15, 0.2) is 47.6 Å². The predicted octanol–water partition coefficient (Wildman–Crippen LogP) is 3.82. The zero-order chi connectivity index (χ0) is 16.2. The van der Waals surface area contributed by atoms with Gasteiger partial charge in [0.05, 0.1) is 12.1 Å². The topological polar surface area (TPSA) is 54.0 Å². The molecule has 3 rings (SSSR count). The second-order valence-electron chi connectivity index (χ2n) is 5.47. The quantitative estimate of drug-likeness (QED) is 0.899. The molecule has 2 heterocycles. The highest BCUT2D eigenvalue weighted by atomic mass is 32.2. The molecule has 1 aromatic heterocycles. The van der Waals surface area contributed by atoms with E-state index in [1.807, 2.05) is 25.1 Å². The number of aromatic nitrogens is 1. The molecule has 2 atom stereocenters. The molecule has 23 heavy (non-hydrogen) atoms. The van der Waals surface area contributed by atoms with E-state index in [4.69, 9.17) is 0 Å². The van der Waals surface area contributed by atoms with E-state index >= 15 is 0 Å². The summed E-state index contributed by atoms with van der Waals surface area (Å²) < 4.78 is 13.9. The van der Waals surface area contributed by atoms with Crippen molar-refractivity contribution in [2.45, 2.75) is 30.3 Å². The summed E-state index contributed by atoms with van der Waals surface area (Å²) in [5.74, 6) is 0.572. The molecule has 0 saturated heterocycles. The van der Waals surface area contributed by atoms with Crippen LogP contribution in [0, 0.1) is 5.82 Å². The number of nitrogens with one attached hydrogen (secondary N) is 2. The van der Waals surface area contributed by atoms with E-state index in [-0.39, 0.29) is 23.9 Å². The maximum atomic E-state index is 13.9. The fourth-order valence-electron chi connectivity index (χ4n) is 2.67. The van der Waals surface area contributed by atoms with Crippen LogP contribution in [0.25, 0.3) is 0 Å². The van der Waals surface area contributed by atoms with Crippen molar-refractivity contribution < 1.29 is 9.18 Å². The highest BCUT2D eigenvalue weighted by Gasteiger charge is 2.24. The molecule has 0 bridgehead atoms. The molecule has 6 heteroatoms. The molecule has 0 aliphatic carbocycles. The van der Waals surface area contributed by atoms with Crippen LogP contribution in [-0.2, 0) is 0 Å². The van der Waals surface area contributed by atoms with Gasteiger partial charge in [0.15, 0.2) is 0 Å². The summed E-state index contributed by atoms with van der Waals surface area (Å²) in [5.41, 5.74) is 1.84. The number of urea groups is 1. The Labute approximate surface area is 138 Å². The number of thioether (sulfide) groups is 1. The Balaban J connectivity index is 1.67. The van der Waals surface area contributed by atoms with E-state index in [2.05, 4.69) is 15.6 Å². The lowest BCUT2D eigenvalue weighted by atomic mass is 10.0. The number of hydrogen-bond donors (Lipinski definition) is 2. The average molecular weight is 331 g/mol. The predicted molar refractivity (Wildman–Crippen MR) is 88.8 cm³/mol. The van der Waals surface area contributed by atoms with Gasteiger partial charge in [-0.2, -0.15) is 0 Å². The van der Waals surface area contributed by atoms with Gasteiger partial charge in [-0.3, -0.25) is 4.98 Å².